The van der Waals surface area contributed by atoms with Crippen molar-refractivity contribution in [3.63, 3.8) is 0 Å². The van der Waals surface area contributed by atoms with Gasteiger partial charge in [0.05, 0.1) is 6.42 Å². The first-order valence-electron chi connectivity index (χ1n) is 6.83. The molecule has 0 saturated carbocycles. The molecule has 0 aliphatic rings. The summed E-state index contributed by atoms with van der Waals surface area (Å²) in [6.07, 6.45) is 1.69. The first-order chi connectivity index (χ1) is 10.3. The number of pyridine rings is 1. The van der Waals surface area contributed by atoms with Gasteiger partial charge in [0.25, 0.3) is 0 Å². The van der Waals surface area contributed by atoms with Gasteiger partial charge in [0, 0.05) is 22.1 Å². The summed E-state index contributed by atoms with van der Waals surface area (Å²) in [5.41, 5.74) is 1.20. The van der Waals surface area contributed by atoms with Gasteiger partial charge in [0.2, 0.25) is 5.91 Å². The van der Waals surface area contributed by atoms with Crippen molar-refractivity contribution >= 4 is 29.0 Å². The van der Waals surface area contributed by atoms with Crippen molar-refractivity contribution in [1.29, 1.82) is 0 Å². The average Bonchev–Trinajstić information content (AvgIpc) is 2.86. The maximum atomic E-state index is 11.9. The smallest absolute Gasteiger partial charge is 0.307 e. The number of anilines is 1. The summed E-state index contributed by atoms with van der Waals surface area (Å²) in [5, 5.41) is 13.4. The van der Waals surface area contributed by atoms with Crippen LogP contribution in [0.25, 0.3) is 10.4 Å². The Labute approximate surface area is 133 Å². The zero-order chi connectivity index (χ0) is 16.3. The Kier molecular flexibility index (Phi) is 4.61. The predicted octanol–water partition coefficient (Wildman–Crippen LogP) is 3.42. The summed E-state index contributed by atoms with van der Waals surface area (Å²) in [4.78, 5) is 27.8. The number of aromatic nitrogens is 1. The number of nitrogens with one attached hydrogen (secondary N) is 1. The first-order valence-corrected chi connectivity index (χ1v) is 7.71. The molecule has 1 amide bonds. The molecule has 0 saturated heterocycles. The van der Waals surface area contributed by atoms with Gasteiger partial charge < -0.3 is 10.4 Å². The maximum Gasteiger partial charge on any atom is 0.307 e. The molecule has 0 aromatic carbocycles. The van der Waals surface area contributed by atoms with Gasteiger partial charge in [0.1, 0.15) is 5.82 Å². The molecule has 0 unspecified atom stereocenters. The van der Waals surface area contributed by atoms with Crippen LogP contribution < -0.4 is 5.32 Å². The number of amides is 1. The maximum absolute atomic E-state index is 11.9. The van der Waals surface area contributed by atoms with Crippen molar-refractivity contribution in [3.05, 3.63) is 35.3 Å². The zero-order valence-corrected chi connectivity index (χ0v) is 13.5. The minimum atomic E-state index is -0.845. The predicted molar refractivity (Wildman–Crippen MR) is 87.0 cm³/mol. The Morgan fingerprint density at radius 2 is 2.05 bits per heavy atom. The van der Waals surface area contributed by atoms with Crippen LogP contribution in [0.1, 0.15) is 26.3 Å². The number of thiophene rings is 1. The van der Waals surface area contributed by atoms with Crippen LogP contribution in [0.5, 0.6) is 0 Å². The van der Waals surface area contributed by atoms with E-state index >= 15 is 0 Å². The van der Waals surface area contributed by atoms with Gasteiger partial charge in [-0.3, -0.25) is 9.59 Å². The van der Waals surface area contributed by atoms with Gasteiger partial charge in [-0.2, -0.15) is 0 Å². The van der Waals surface area contributed by atoms with E-state index in [-0.39, 0.29) is 12.3 Å². The molecule has 116 valence electrons. The van der Waals surface area contributed by atoms with Crippen molar-refractivity contribution in [3.8, 4) is 10.4 Å². The number of carboxylic acids is 1. The Morgan fingerprint density at radius 3 is 2.59 bits per heavy atom. The number of hydrogen-bond donors (Lipinski definition) is 2. The van der Waals surface area contributed by atoms with Gasteiger partial charge in [-0.25, -0.2) is 4.98 Å². The molecule has 0 spiro atoms. The Balaban J connectivity index is 2.10. The minimum Gasteiger partial charge on any atom is -0.481 e. The summed E-state index contributed by atoms with van der Waals surface area (Å²) in [6, 6.07) is 5.46. The van der Waals surface area contributed by atoms with Crippen LogP contribution in [0, 0.1) is 5.41 Å². The Bertz CT molecular complexity index is 684. The van der Waals surface area contributed by atoms with Gasteiger partial charge in [-0.15, -0.1) is 11.3 Å². The van der Waals surface area contributed by atoms with Gasteiger partial charge >= 0.3 is 5.97 Å². The molecule has 6 heteroatoms. The highest BCUT2D eigenvalue weighted by Gasteiger charge is 2.21. The molecular weight excluding hydrogens is 300 g/mol. The van der Waals surface area contributed by atoms with Crippen molar-refractivity contribution in [2.24, 2.45) is 5.41 Å². The van der Waals surface area contributed by atoms with Crippen LogP contribution in [-0.4, -0.2) is 22.0 Å². The highest BCUT2D eigenvalue weighted by atomic mass is 32.1. The van der Waals surface area contributed by atoms with Gasteiger partial charge in [-0.1, -0.05) is 20.8 Å². The standard InChI is InChI=1S/C16H18N2O3S/c1-16(2,3)15(21)18-13-5-4-11(8-17-13)12-6-10(9-22-12)7-14(19)20/h4-6,8-9H,7H2,1-3H3,(H,19,20)(H,17,18,21). The highest BCUT2D eigenvalue weighted by molar-refractivity contribution is 7.13. The number of nitrogens with zero attached hydrogens (tertiary/aromatic N) is 1. The molecular formula is C16H18N2O3S. The summed E-state index contributed by atoms with van der Waals surface area (Å²) in [5.74, 6) is -0.429. The van der Waals surface area contributed by atoms with E-state index in [2.05, 4.69) is 10.3 Å². The number of aliphatic carboxylic acids is 1. The fraction of sp³-hybridized carbons (Fsp3) is 0.312. The van der Waals surface area contributed by atoms with Crippen molar-refractivity contribution in [1.82, 2.24) is 4.98 Å². The molecule has 0 bridgehead atoms. The van der Waals surface area contributed by atoms with E-state index in [1.807, 2.05) is 38.3 Å². The third kappa shape index (κ3) is 4.14. The Hall–Kier alpha value is -2.21. The lowest BCUT2D eigenvalue weighted by Gasteiger charge is -2.17. The van der Waals surface area contributed by atoms with Crippen molar-refractivity contribution < 1.29 is 14.7 Å². The lowest BCUT2D eigenvalue weighted by molar-refractivity contribution is -0.136. The van der Waals surface area contributed by atoms with Crippen LogP contribution >= 0.6 is 11.3 Å². The lowest BCUT2D eigenvalue weighted by atomic mass is 9.96. The van der Waals surface area contributed by atoms with E-state index in [1.165, 1.54) is 11.3 Å². The molecule has 2 rings (SSSR count). The average molecular weight is 318 g/mol. The monoisotopic (exact) mass is 318 g/mol. The number of carboxylic acid groups (broad SMARTS) is 1. The van der Waals surface area contributed by atoms with Crippen LogP contribution in [0.3, 0.4) is 0 Å². The normalized spacial score (nSPS) is 11.2. The molecule has 0 aliphatic heterocycles. The molecule has 0 radical (unpaired) electrons. The van der Waals surface area contributed by atoms with Gasteiger partial charge in [-0.05, 0) is 29.1 Å². The SMILES string of the molecule is CC(C)(C)C(=O)Nc1ccc(-c2cc(CC(=O)O)cs2)cn1. The summed E-state index contributed by atoms with van der Waals surface area (Å²) < 4.78 is 0. The van der Waals surface area contributed by atoms with E-state index in [0.29, 0.717) is 5.82 Å². The summed E-state index contributed by atoms with van der Waals surface area (Å²) in [7, 11) is 0. The van der Waals surface area contributed by atoms with Crippen LogP contribution in [0.2, 0.25) is 0 Å². The number of hydrogen-bond acceptors (Lipinski definition) is 4. The van der Waals surface area contributed by atoms with Crippen LogP contribution in [-0.2, 0) is 16.0 Å². The fourth-order valence-corrected chi connectivity index (χ4v) is 2.62. The quantitative estimate of drug-likeness (QED) is 0.905. The largest absolute Gasteiger partial charge is 0.481 e. The van der Waals surface area contributed by atoms with Gasteiger partial charge in [0.15, 0.2) is 0 Å². The van der Waals surface area contributed by atoms with Crippen LogP contribution in [0.15, 0.2) is 29.8 Å². The van der Waals surface area contributed by atoms with E-state index < -0.39 is 11.4 Å². The molecule has 0 aliphatic carbocycles. The second kappa shape index (κ2) is 6.27. The lowest BCUT2D eigenvalue weighted by Crippen LogP contribution is -2.27. The number of carbonyl (C=O) groups is 2. The summed E-state index contributed by atoms with van der Waals surface area (Å²) in [6.45, 7) is 5.52. The second-order valence-corrected chi connectivity index (χ2v) is 6.94. The third-order valence-electron chi connectivity index (χ3n) is 2.98. The number of rotatable bonds is 4. The molecule has 22 heavy (non-hydrogen) atoms. The van der Waals surface area contributed by atoms with E-state index in [4.69, 9.17) is 5.11 Å². The molecule has 0 atom stereocenters. The third-order valence-corrected chi connectivity index (χ3v) is 4.01. The zero-order valence-electron chi connectivity index (χ0n) is 12.7. The second-order valence-electron chi connectivity index (χ2n) is 6.03. The topological polar surface area (TPSA) is 79.3 Å². The molecule has 0 fully saturated rings. The van der Waals surface area contributed by atoms with Crippen LogP contribution in [0.4, 0.5) is 5.82 Å². The van der Waals surface area contributed by atoms with E-state index in [0.717, 1.165) is 16.0 Å². The molecule has 2 N–H and O–H groups in total. The minimum absolute atomic E-state index is 0.0175. The molecule has 5 nitrogen and oxygen atoms in total. The molecule has 2 heterocycles. The fourth-order valence-electron chi connectivity index (χ4n) is 1.71. The highest BCUT2D eigenvalue weighted by Crippen LogP contribution is 2.27. The Morgan fingerprint density at radius 1 is 1.32 bits per heavy atom. The van der Waals surface area contributed by atoms with Crippen molar-refractivity contribution in [2.75, 3.05) is 5.32 Å². The van der Waals surface area contributed by atoms with E-state index in [1.54, 1.807) is 12.3 Å². The molecule has 2 aromatic heterocycles. The van der Waals surface area contributed by atoms with E-state index in [9.17, 15) is 9.59 Å². The summed E-state index contributed by atoms with van der Waals surface area (Å²) >= 11 is 1.48. The first kappa shape index (κ1) is 16.2. The number of carbonyl (C=O) groups excluding carboxylic acids is 1. The van der Waals surface area contributed by atoms with Crippen molar-refractivity contribution in [2.45, 2.75) is 27.2 Å². The molecule has 2 aromatic rings.